The number of nitrogens with zero attached hydrogens (tertiary/aromatic N) is 1. The first-order valence-electron chi connectivity index (χ1n) is 4.12. The Labute approximate surface area is 93.6 Å². The number of halogens is 4. The molecule has 1 atom stereocenters. The molecule has 0 saturated heterocycles. The Balaban J connectivity index is 3.24. The third-order valence-electron chi connectivity index (χ3n) is 1.99. The molecule has 15 heavy (non-hydrogen) atoms. The number of nitriles is 1. The van der Waals surface area contributed by atoms with Crippen LogP contribution in [0.3, 0.4) is 0 Å². The minimum atomic E-state index is -4.40. The third-order valence-corrected chi connectivity index (χ3v) is 2.68. The van der Waals surface area contributed by atoms with E-state index in [0.29, 0.717) is 5.56 Å². The fourth-order valence-corrected chi connectivity index (χ4v) is 1.58. The molecular formula is C10H7BrF3N. The molecule has 0 spiro atoms. The van der Waals surface area contributed by atoms with Crippen molar-refractivity contribution in [1.82, 2.24) is 0 Å². The van der Waals surface area contributed by atoms with E-state index in [1.54, 1.807) is 6.92 Å². The van der Waals surface area contributed by atoms with E-state index in [9.17, 15) is 13.2 Å². The molecule has 0 heterocycles. The maximum Gasteiger partial charge on any atom is 0.417 e. The van der Waals surface area contributed by atoms with Crippen molar-refractivity contribution in [1.29, 1.82) is 5.26 Å². The molecule has 0 saturated carbocycles. The van der Waals surface area contributed by atoms with Gasteiger partial charge in [-0.25, -0.2) is 0 Å². The summed E-state index contributed by atoms with van der Waals surface area (Å²) < 4.78 is 37.4. The lowest BCUT2D eigenvalue weighted by molar-refractivity contribution is -0.138. The molecule has 80 valence electrons. The van der Waals surface area contributed by atoms with Crippen LogP contribution in [0.4, 0.5) is 13.2 Å². The van der Waals surface area contributed by atoms with Gasteiger partial charge >= 0.3 is 6.18 Å². The van der Waals surface area contributed by atoms with Crippen LogP contribution in [0.2, 0.25) is 0 Å². The highest BCUT2D eigenvalue weighted by Gasteiger charge is 2.33. The fraction of sp³-hybridized carbons (Fsp3) is 0.300. The molecule has 0 aliphatic rings. The predicted octanol–water partition coefficient (Wildman–Crippen LogP) is 4.09. The van der Waals surface area contributed by atoms with E-state index < -0.39 is 17.7 Å². The summed E-state index contributed by atoms with van der Waals surface area (Å²) in [7, 11) is 0. The zero-order chi connectivity index (χ0) is 11.6. The van der Waals surface area contributed by atoms with Gasteiger partial charge in [0.15, 0.2) is 0 Å². The molecule has 0 radical (unpaired) electrons. The monoisotopic (exact) mass is 277 g/mol. The molecule has 0 amide bonds. The summed E-state index contributed by atoms with van der Waals surface area (Å²) in [6.45, 7) is 1.56. The van der Waals surface area contributed by atoms with Crippen molar-refractivity contribution >= 4 is 15.9 Å². The lowest BCUT2D eigenvalue weighted by Crippen LogP contribution is -2.07. The third kappa shape index (κ3) is 2.72. The Kier molecular flexibility index (Phi) is 3.40. The van der Waals surface area contributed by atoms with Crippen LogP contribution < -0.4 is 0 Å². The van der Waals surface area contributed by atoms with Gasteiger partial charge in [0.1, 0.15) is 0 Å². The van der Waals surface area contributed by atoms with Crippen LogP contribution in [0.5, 0.6) is 0 Å². The summed E-state index contributed by atoms with van der Waals surface area (Å²) >= 11 is 2.83. The molecule has 0 bridgehead atoms. The highest BCUT2D eigenvalue weighted by Crippen LogP contribution is 2.36. The second-order valence-electron chi connectivity index (χ2n) is 3.09. The van der Waals surface area contributed by atoms with Crippen molar-refractivity contribution in [3.05, 3.63) is 33.8 Å². The molecule has 5 heteroatoms. The Morgan fingerprint density at radius 2 is 2.00 bits per heavy atom. The van der Waals surface area contributed by atoms with Crippen LogP contribution >= 0.6 is 15.9 Å². The lowest BCUT2D eigenvalue weighted by Gasteiger charge is -2.11. The van der Waals surface area contributed by atoms with Gasteiger partial charge in [-0.05, 0) is 24.6 Å². The van der Waals surface area contributed by atoms with Crippen molar-refractivity contribution in [2.45, 2.75) is 19.0 Å². The van der Waals surface area contributed by atoms with Gasteiger partial charge in [-0.2, -0.15) is 18.4 Å². The summed E-state index contributed by atoms with van der Waals surface area (Å²) in [5.41, 5.74) is -0.380. The van der Waals surface area contributed by atoms with Gasteiger partial charge in [-0.3, -0.25) is 0 Å². The maximum absolute atomic E-state index is 12.5. The molecule has 0 fully saturated rings. The molecular weight excluding hydrogens is 271 g/mol. The van der Waals surface area contributed by atoms with Crippen molar-refractivity contribution in [3.63, 3.8) is 0 Å². The number of hydrogen-bond acceptors (Lipinski definition) is 1. The standard InChI is InChI=1S/C10H7BrF3N/c1-6(5-15)7-2-3-9(11)8(4-7)10(12,13)14/h2-4,6H,1H3. The van der Waals surface area contributed by atoms with Crippen LogP contribution in [0, 0.1) is 11.3 Å². The molecule has 1 nitrogen and oxygen atoms in total. The van der Waals surface area contributed by atoms with E-state index in [1.807, 2.05) is 6.07 Å². The Morgan fingerprint density at radius 3 is 2.47 bits per heavy atom. The van der Waals surface area contributed by atoms with Crippen molar-refractivity contribution in [2.75, 3.05) is 0 Å². The van der Waals surface area contributed by atoms with Crippen LogP contribution in [-0.2, 0) is 6.18 Å². The first-order valence-corrected chi connectivity index (χ1v) is 4.92. The largest absolute Gasteiger partial charge is 0.417 e. The molecule has 1 unspecified atom stereocenters. The van der Waals surface area contributed by atoms with Crippen LogP contribution in [0.1, 0.15) is 24.0 Å². The molecule has 0 aromatic heterocycles. The normalized spacial score (nSPS) is 13.3. The van der Waals surface area contributed by atoms with Crippen LogP contribution in [-0.4, -0.2) is 0 Å². The van der Waals surface area contributed by atoms with Gasteiger partial charge in [0, 0.05) is 4.47 Å². The lowest BCUT2D eigenvalue weighted by atomic mass is 10.0. The molecule has 0 aliphatic carbocycles. The quantitative estimate of drug-likeness (QED) is 0.758. The Hall–Kier alpha value is -1.02. The maximum atomic E-state index is 12.5. The summed E-state index contributed by atoms with van der Waals surface area (Å²) in [6, 6.07) is 5.71. The zero-order valence-corrected chi connectivity index (χ0v) is 9.35. The first-order chi connectivity index (χ1) is 6.86. The highest BCUT2D eigenvalue weighted by atomic mass is 79.9. The molecule has 1 aromatic rings. The highest BCUT2D eigenvalue weighted by molar-refractivity contribution is 9.10. The first kappa shape index (κ1) is 12.1. The average Bonchev–Trinajstić information content (AvgIpc) is 2.15. The Bertz CT molecular complexity index is 406. The van der Waals surface area contributed by atoms with Gasteiger partial charge in [0.05, 0.1) is 17.6 Å². The second kappa shape index (κ2) is 4.23. The van der Waals surface area contributed by atoms with Crippen LogP contribution in [0.15, 0.2) is 22.7 Å². The summed E-state index contributed by atoms with van der Waals surface area (Å²) in [6.07, 6.45) is -4.40. The van der Waals surface area contributed by atoms with E-state index in [-0.39, 0.29) is 4.47 Å². The molecule has 0 N–H and O–H groups in total. The van der Waals surface area contributed by atoms with Gasteiger partial charge < -0.3 is 0 Å². The van der Waals surface area contributed by atoms with Gasteiger partial charge in [0.2, 0.25) is 0 Å². The zero-order valence-electron chi connectivity index (χ0n) is 7.77. The van der Waals surface area contributed by atoms with Crippen molar-refractivity contribution in [2.24, 2.45) is 0 Å². The van der Waals surface area contributed by atoms with Crippen LogP contribution in [0.25, 0.3) is 0 Å². The van der Waals surface area contributed by atoms with E-state index in [1.165, 1.54) is 12.1 Å². The molecule has 1 rings (SSSR count). The minimum Gasteiger partial charge on any atom is -0.198 e. The average molecular weight is 278 g/mol. The van der Waals surface area contributed by atoms with E-state index in [4.69, 9.17) is 5.26 Å². The minimum absolute atomic E-state index is 0.0103. The van der Waals surface area contributed by atoms with E-state index in [2.05, 4.69) is 15.9 Å². The SMILES string of the molecule is CC(C#N)c1ccc(Br)c(C(F)(F)F)c1. The second-order valence-corrected chi connectivity index (χ2v) is 3.94. The topological polar surface area (TPSA) is 23.8 Å². The van der Waals surface area contributed by atoms with Crippen molar-refractivity contribution < 1.29 is 13.2 Å². The van der Waals surface area contributed by atoms with Crippen molar-refractivity contribution in [3.8, 4) is 6.07 Å². The predicted molar refractivity (Wildman–Crippen MR) is 53.2 cm³/mol. The van der Waals surface area contributed by atoms with Gasteiger partial charge in [-0.15, -0.1) is 0 Å². The summed E-state index contributed by atoms with van der Waals surface area (Å²) in [4.78, 5) is 0. The number of alkyl halides is 3. The molecule has 0 aliphatic heterocycles. The number of benzene rings is 1. The van der Waals surface area contributed by atoms with E-state index >= 15 is 0 Å². The van der Waals surface area contributed by atoms with E-state index in [0.717, 1.165) is 6.07 Å². The summed E-state index contributed by atoms with van der Waals surface area (Å²) in [5, 5.41) is 8.61. The Morgan fingerprint density at radius 1 is 1.40 bits per heavy atom. The van der Waals surface area contributed by atoms with Gasteiger partial charge in [0.25, 0.3) is 0 Å². The summed E-state index contributed by atoms with van der Waals surface area (Å²) in [5.74, 6) is -0.542. The van der Waals surface area contributed by atoms with Gasteiger partial charge in [-0.1, -0.05) is 22.0 Å². The number of hydrogen-bond donors (Lipinski definition) is 0. The smallest absolute Gasteiger partial charge is 0.198 e. The fourth-order valence-electron chi connectivity index (χ4n) is 1.10. The molecule has 1 aromatic carbocycles. The number of rotatable bonds is 1.